The molecule has 0 aliphatic carbocycles. The molecule has 0 aliphatic rings. The highest BCUT2D eigenvalue weighted by Gasteiger charge is 2.16. The number of rotatable bonds is 8. The van der Waals surface area contributed by atoms with Crippen LogP contribution in [0.15, 0.2) is 12.3 Å². The highest BCUT2D eigenvalue weighted by atomic mass is 35.5. The predicted molar refractivity (Wildman–Crippen MR) is 87.5 cm³/mol. The van der Waals surface area contributed by atoms with Crippen LogP contribution in [0.1, 0.15) is 25.8 Å². The minimum Gasteiger partial charge on any atom is -0.355 e. The van der Waals surface area contributed by atoms with Gasteiger partial charge in [-0.25, -0.2) is 4.98 Å². The van der Waals surface area contributed by atoms with Gasteiger partial charge in [-0.3, -0.25) is 0 Å². The van der Waals surface area contributed by atoms with Gasteiger partial charge in [0.25, 0.3) is 0 Å². The number of thioether (sulfide) groups is 1. The second-order valence-electron chi connectivity index (χ2n) is 4.56. The van der Waals surface area contributed by atoms with Gasteiger partial charge in [0.2, 0.25) is 0 Å². The van der Waals surface area contributed by atoms with Gasteiger partial charge < -0.3 is 10.2 Å². The largest absolute Gasteiger partial charge is 0.355 e. The summed E-state index contributed by atoms with van der Waals surface area (Å²) in [5, 5.41) is 4.01. The van der Waals surface area contributed by atoms with E-state index in [-0.39, 0.29) is 0 Å². The van der Waals surface area contributed by atoms with Crippen LogP contribution in [0, 0.1) is 0 Å². The van der Waals surface area contributed by atoms with E-state index in [0.717, 1.165) is 41.7 Å². The van der Waals surface area contributed by atoms with E-state index in [1.807, 2.05) is 24.0 Å². The molecule has 0 radical (unpaired) electrons. The third-order valence-corrected chi connectivity index (χ3v) is 4.17. The first-order chi connectivity index (χ1) is 9.13. The van der Waals surface area contributed by atoms with E-state index in [1.54, 1.807) is 0 Å². The molecule has 0 aromatic carbocycles. The molecule has 0 bridgehead atoms. The van der Waals surface area contributed by atoms with Crippen LogP contribution in [0.2, 0.25) is 5.02 Å². The third-order valence-electron chi connectivity index (χ3n) is 3.17. The highest BCUT2D eigenvalue weighted by molar-refractivity contribution is 7.98. The van der Waals surface area contributed by atoms with Crippen molar-refractivity contribution in [2.75, 3.05) is 30.5 Å². The molecule has 19 heavy (non-hydrogen) atoms. The van der Waals surface area contributed by atoms with Crippen molar-refractivity contribution in [1.29, 1.82) is 0 Å². The maximum Gasteiger partial charge on any atom is 0.147 e. The van der Waals surface area contributed by atoms with Gasteiger partial charge in [0.05, 0.1) is 5.02 Å². The van der Waals surface area contributed by atoms with Crippen molar-refractivity contribution in [3.8, 4) is 0 Å². The fraction of sp³-hybridized carbons (Fsp3) is 0.643. The molecule has 1 heterocycles. The molecule has 1 N–H and O–H groups in total. The molecule has 1 aromatic heterocycles. The van der Waals surface area contributed by atoms with Crippen LogP contribution in [0.4, 0.5) is 5.82 Å². The number of pyridine rings is 1. The highest BCUT2D eigenvalue weighted by Crippen LogP contribution is 2.26. The van der Waals surface area contributed by atoms with Gasteiger partial charge >= 0.3 is 0 Å². The third kappa shape index (κ3) is 4.86. The zero-order valence-electron chi connectivity index (χ0n) is 12.2. The molecule has 5 heteroatoms. The van der Waals surface area contributed by atoms with E-state index in [4.69, 9.17) is 11.6 Å². The Hall–Kier alpha value is -0.450. The lowest BCUT2D eigenvalue weighted by molar-refractivity contribution is 0.665. The van der Waals surface area contributed by atoms with E-state index >= 15 is 0 Å². The molecule has 108 valence electrons. The lowest BCUT2D eigenvalue weighted by Crippen LogP contribution is -2.34. The molecule has 1 aromatic rings. The minimum absolute atomic E-state index is 0.472. The molecule has 1 atom stereocenters. The normalized spacial score (nSPS) is 12.5. The van der Waals surface area contributed by atoms with Crippen molar-refractivity contribution < 1.29 is 0 Å². The number of aromatic nitrogens is 1. The van der Waals surface area contributed by atoms with E-state index in [1.165, 1.54) is 0 Å². The number of anilines is 1. The maximum absolute atomic E-state index is 6.37. The summed E-state index contributed by atoms with van der Waals surface area (Å²) in [7, 11) is 2.07. The Morgan fingerprint density at radius 3 is 2.74 bits per heavy atom. The quantitative estimate of drug-likeness (QED) is 0.796. The van der Waals surface area contributed by atoms with Gasteiger partial charge in [-0.05, 0) is 30.9 Å². The van der Waals surface area contributed by atoms with E-state index in [0.29, 0.717) is 6.04 Å². The standard InChI is InChI=1S/C14H24ClN3S/c1-5-12(10-19-4)18(3)14-13(15)7-11(9-17-14)8-16-6-2/h7,9,12,16H,5-6,8,10H2,1-4H3. The molecule has 0 saturated heterocycles. The van der Waals surface area contributed by atoms with Crippen LogP contribution in [0.3, 0.4) is 0 Å². The van der Waals surface area contributed by atoms with E-state index < -0.39 is 0 Å². The Labute approximate surface area is 126 Å². The van der Waals surface area contributed by atoms with E-state index in [2.05, 4.69) is 42.4 Å². The molecule has 1 unspecified atom stereocenters. The van der Waals surface area contributed by atoms with Crippen molar-refractivity contribution >= 4 is 29.2 Å². The maximum atomic E-state index is 6.37. The zero-order valence-corrected chi connectivity index (χ0v) is 13.8. The topological polar surface area (TPSA) is 28.2 Å². The lowest BCUT2D eigenvalue weighted by Gasteiger charge is -2.28. The molecule has 3 nitrogen and oxygen atoms in total. The lowest BCUT2D eigenvalue weighted by atomic mass is 10.2. The van der Waals surface area contributed by atoms with Crippen LogP contribution in [-0.2, 0) is 6.54 Å². The summed E-state index contributed by atoms with van der Waals surface area (Å²) in [5.74, 6) is 1.97. The van der Waals surface area contributed by atoms with Crippen LogP contribution >= 0.6 is 23.4 Å². The Bertz CT molecular complexity index is 387. The fourth-order valence-corrected chi connectivity index (χ4v) is 3.13. The van der Waals surface area contributed by atoms with Gasteiger partial charge in [0.15, 0.2) is 0 Å². The average molecular weight is 302 g/mol. The molecule has 1 rings (SSSR count). The molecule has 0 spiro atoms. The second kappa shape index (κ2) is 8.67. The predicted octanol–water partition coefficient (Wildman–Crippen LogP) is 3.42. The smallest absolute Gasteiger partial charge is 0.147 e. The number of hydrogen-bond donors (Lipinski definition) is 1. The van der Waals surface area contributed by atoms with Gasteiger partial charge in [-0.15, -0.1) is 0 Å². The summed E-state index contributed by atoms with van der Waals surface area (Å²) in [6.07, 6.45) is 5.13. The Morgan fingerprint density at radius 2 is 2.21 bits per heavy atom. The van der Waals surface area contributed by atoms with E-state index in [9.17, 15) is 0 Å². The molecular weight excluding hydrogens is 278 g/mol. The first kappa shape index (κ1) is 16.6. The van der Waals surface area contributed by atoms with Crippen molar-refractivity contribution in [1.82, 2.24) is 10.3 Å². The molecular formula is C14H24ClN3S. The summed E-state index contributed by atoms with van der Waals surface area (Å²) in [4.78, 5) is 6.72. The molecule has 0 fully saturated rings. The average Bonchev–Trinajstić information content (AvgIpc) is 2.42. The van der Waals surface area contributed by atoms with Gasteiger partial charge in [-0.1, -0.05) is 25.4 Å². The SMILES string of the molecule is CCNCc1cnc(N(C)C(CC)CSC)c(Cl)c1. The first-order valence-corrected chi connectivity index (χ1v) is 8.48. The number of hydrogen-bond acceptors (Lipinski definition) is 4. The molecule has 0 saturated carbocycles. The van der Waals surface area contributed by atoms with Crippen molar-refractivity contribution in [2.45, 2.75) is 32.9 Å². The van der Waals surface area contributed by atoms with Crippen molar-refractivity contribution in [3.05, 3.63) is 22.8 Å². The monoisotopic (exact) mass is 301 g/mol. The zero-order chi connectivity index (χ0) is 14.3. The summed E-state index contributed by atoms with van der Waals surface area (Å²) >= 11 is 8.22. The summed E-state index contributed by atoms with van der Waals surface area (Å²) in [6.45, 7) is 6.05. The number of nitrogens with zero attached hydrogens (tertiary/aromatic N) is 2. The Balaban J connectivity index is 2.82. The number of halogens is 1. The minimum atomic E-state index is 0.472. The molecule has 0 aliphatic heterocycles. The second-order valence-corrected chi connectivity index (χ2v) is 5.88. The molecule has 0 amide bonds. The van der Waals surface area contributed by atoms with Gasteiger partial charge in [-0.2, -0.15) is 11.8 Å². The Kier molecular flexibility index (Phi) is 7.57. The van der Waals surface area contributed by atoms with Crippen LogP contribution in [0.25, 0.3) is 0 Å². The Morgan fingerprint density at radius 1 is 1.47 bits per heavy atom. The van der Waals surface area contributed by atoms with Crippen molar-refractivity contribution in [3.63, 3.8) is 0 Å². The fourth-order valence-electron chi connectivity index (χ4n) is 1.96. The van der Waals surface area contributed by atoms with Crippen molar-refractivity contribution in [2.24, 2.45) is 0 Å². The number of nitrogens with one attached hydrogen (secondary N) is 1. The van der Waals surface area contributed by atoms with Crippen LogP contribution < -0.4 is 10.2 Å². The summed E-state index contributed by atoms with van der Waals surface area (Å²) < 4.78 is 0. The first-order valence-electron chi connectivity index (χ1n) is 6.70. The van der Waals surface area contributed by atoms with Crippen LogP contribution in [0.5, 0.6) is 0 Å². The van der Waals surface area contributed by atoms with Gasteiger partial charge in [0, 0.05) is 31.6 Å². The van der Waals surface area contributed by atoms with Gasteiger partial charge in [0.1, 0.15) is 5.82 Å². The summed E-state index contributed by atoms with van der Waals surface area (Å²) in [5.41, 5.74) is 1.13. The van der Waals surface area contributed by atoms with Crippen LogP contribution in [-0.4, -0.2) is 36.6 Å². The summed E-state index contributed by atoms with van der Waals surface area (Å²) in [6, 6.07) is 2.48.